The number of rotatable bonds is 2. The lowest BCUT2D eigenvalue weighted by Gasteiger charge is -2.32. The molecule has 0 aromatic heterocycles. The van der Waals surface area contributed by atoms with E-state index in [-0.39, 0.29) is 17.6 Å². The van der Waals surface area contributed by atoms with Crippen LogP contribution in [0, 0.1) is 17.0 Å². The van der Waals surface area contributed by atoms with Crippen LogP contribution < -0.4 is 5.32 Å². The number of carbonyl (C=O) groups excluding carboxylic acids is 1. The van der Waals surface area contributed by atoms with Crippen molar-refractivity contribution in [2.75, 3.05) is 19.6 Å². The second kappa shape index (κ2) is 5.36. The molecule has 19 heavy (non-hydrogen) atoms. The predicted molar refractivity (Wildman–Crippen MR) is 71.2 cm³/mol. The van der Waals surface area contributed by atoms with Gasteiger partial charge < -0.3 is 10.2 Å². The fourth-order valence-electron chi connectivity index (χ4n) is 2.24. The molecule has 1 aromatic carbocycles. The Kier molecular flexibility index (Phi) is 3.80. The summed E-state index contributed by atoms with van der Waals surface area (Å²) in [5.74, 6) is -0.130. The fraction of sp³-hybridized carbons (Fsp3) is 0.462. The zero-order valence-electron chi connectivity index (χ0n) is 11.0. The quantitative estimate of drug-likeness (QED) is 0.645. The number of nitrogens with one attached hydrogen (secondary N) is 1. The van der Waals surface area contributed by atoms with E-state index >= 15 is 0 Å². The SMILES string of the molecule is Cc1ccc([N+](=O)[O-])cc1C(=O)N1CCN[C@H](C)C1. The lowest BCUT2D eigenvalue weighted by atomic mass is 10.1. The van der Waals surface area contributed by atoms with E-state index in [1.165, 1.54) is 12.1 Å². The monoisotopic (exact) mass is 263 g/mol. The summed E-state index contributed by atoms with van der Waals surface area (Å²) in [5.41, 5.74) is 1.14. The van der Waals surface area contributed by atoms with Gasteiger partial charge in [0.25, 0.3) is 11.6 Å². The molecule has 1 heterocycles. The zero-order valence-corrected chi connectivity index (χ0v) is 11.0. The molecule has 1 atom stereocenters. The first kappa shape index (κ1) is 13.5. The third-order valence-corrected chi connectivity index (χ3v) is 3.32. The van der Waals surface area contributed by atoms with Gasteiger partial charge in [-0.1, -0.05) is 6.07 Å². The number of non-ortho nitro benzene ring substituents is 1. The molecule has 1 aliphatic heterocycles. The van der Waals surface area contributed by atoms with Crippen LogP contribution in [0.5, 0.6) is 0 Å². The minimum Gasteiger partial charge on any atom is -0.336 e. The van der Waals surface area contributed by atoms with Crippen LogP contribution in [0.3, 0.4) is 0 Å². The maximum atomic E-state index is 12.4. The summed E-state index contributed by atoms with van der Waals surface area (Å²) in [5, 5.41) is 14.0. The van der Waals surface area contributed by atoms with E-state index in [1.807, 2.05) is 6.92 Å². The summed E-state index contributed by atoms with van der Waals surface area (Å²) in [6.45, 7) is 5.81. The number of nitro benzene ring substituents is 1. The van der Waals surface area contributed by atoms with E-state index in [1.54, 1.807) is 17.9 Å². The molecule has 0 aliphatic carbocycles. The van der Waals surface area contributed by atoms with Gasteiger partial charge in [0.15, 0.2) is 0 Å². The summed E-state index contributed by atoms with van der Waals surface area (Å²) < 4.78 is 0. The first-order chi connectivity index (χ1) is 8.99. The highest BCUT2D eigenvalue weighted by Crippen LogP contribution is 2.19. The predicted octanol–water partition coefficient (Wildman–Crippen LogP) is 1.34. The maximum Gasteiger partial charge on any atom is 0.270 e. The van der Waals surface area contributed by atoms with Crippen molar-refractivity contribution in [2.24, 2.45) is 0 Å². The van der Waals surface area contributed by atoms with E-state index in [9.17, 15) is 14.9 Å². The van der Waals surface area contributed by atoms with Gasteiger partial charge in [-0.15, -0.1) is 0 Å². The van der Waals surface area contributed by atoms with Crippen molar-refractivity contribution in [2.45, 2.75) is 19.9 Å². The van der Waals surface area contributed by atoms with Gasteiger partial charge in [-0.2, -0.15) is 0 Å². The number of hydrogen-bond acceptors (Lipinski definition) is 4. The van der Waals surface area contributed by atoms with Gasteiger partial charge in [-0.25, -0.2) is 0 Å². The lowest BCUT2D eigenvalue weighted by molar-refractivity contribution is -0.384. The molecule has 1 saturated heterocycles. The van der Waals surface area contributed by atoms with E-state index in [2.05, 4.69) is 5.32 Å². The molecule has 0 bridgehead atoms. The molecule has 0 saturated carbocycles. The molecule has 1 aliphatic rings. The molecule has 1 amide bonds. The van der Waals surface area contributed by atoms with E-state index in [0.717, 1.165) is 12.1 Å². The molecule has 0 spiro atoms. The Hall–Kier alpha value is -1.95. The molecule has 6 heteroatoms. The summed E-state index contributed by atoms with van der Waals surface area (Å²) in [6.07, 6.45) is 0. The Bertz CT molecular complexity index is 516. The number of amides is 1. The van der Waals surface area contributed by atoms with Crippen molar-refractivity contribution in [3.05, 3.63) is 39.4 Å². The van der Waals surface area contributed by atoms with Crippen LogP contribution in [0.25, 0.3) is 0 Å². The molecule has 0 radical (unpaired) electrons. The average Bonchev–Trinajstić information content (AvgIpc) is 2.38. The van der Waals surface area contributed by atoms with Gasteiger partial charge in [-0.05, 0) is 19.4 Å². The van der Waals surface area contributed by atoms with Gasteiger partial charge in [0.05, 0.1) is 4.92 Å². The molecule has 2 rings (SSSR count). The molecule has 1 aromatic rings. The van der Waals surface area contributed by atoms with Crippen molar-refractivity contribution in [3.8, 4) is 0 Å². The highest BCUT2D eigenvalue weighted by atomic mass is 16.6. The molecule has 0 unspecified atom stereocenters. The lowest BCUT2D eigenvalue weighted by Crippen LogP contribution is -2.51. The Morgan fingerprint density at radius 2 is 2.26 bits per heavy atom. The molecule has 1 N–H and O–H groups in total. The van der Waals surface area contributed by atoms with Crippen LogP contribution in [-0.4, -0.2) is 41.4 Å². The summed E-state index contributed by atoms with van der Waals surface area (Å²) in [4.78, 5) is 24.5. The normalized spacial score (nSPS) is 19.3. The van der Waals surface area contributed by atoms with Gasteiger partial charge >= 0.3 is 0 Å². The first-order valence-electron chi connectivity index (χ1n) is 6.26. The van der Waals surface area contributed by atoms with Crippen molar-refractivity contribution in [1.29, 1.82) is 0 Å². The third kappa shape index (κ3) is 2.90. The van der Waals surface area contributed by atoms with Crippen molar-refractivity contribution >= 4 is 11.6 Å². The summed E-state index contributed by atoms with van der Waals surface area (Å²) in [7, 11) is 0. The number of carbonyl (C=O) groups is 1. The Morgan fingerprint density at radius 1 is 1.53 bits per heavy atom. The molecular formula is C13H17N3O3. The van der Waals surface area contributed by atoms with Crippen LogP contribution in [0.4, 0.5) is 5.69 Å². The second-order valence-corrected chi connectivity index (χ2v) is 4.86. The number of aryl methyl sites for hydroxylation is 1. The molecule has 6 nitrogen and oxygen atoms in total. The van der Waals surface area contributed by atoms with Crippen molar-refractivity contribution in [3.63, 3.8) is 0 Å². The largest absolute Gasteiger partial charge is 0.336 e. The molecular weight excluding hydrogens is 246 g/mol. The van der Waals surface area contributed by atoms with Crippen LogP contribution in [0.1, 0.15) is 22.8 Å². The Balaban J connectivity index is 2.27. The Labute approximate surface area is 111 Å². The number of benzene rings is 1. The zero-order chi connectivity index (χ0) is 14.0. The highest BCUT2D eigenvalue weighted by molar-refractivity contribution is 5.96. The number of hydrogen-bond donors (Lipinski definition) is 1. The van der Waals surface area contributed by atoms with Crippen LogP contribution in [0.2, 0.25) is 0 Å². The second-order valence-electron chi connectivity index (χ2n) is 4.86. The van der Waals surface area contributed by atoms with Crippen molar-refractivity contribution < 1.29 is 9.72 Å². The summed E-state index contributed by atoms with van der Waals surface area (Å²) >= 11 is 0. The van der Waals surface area contributed by atoms with E-state index in [4.69, 9.17) is 0 Å². The van der Waals surface area contributed by atoms with Gasteiger partial charge in [0, 0.05) is 43.4 Å². The van der Waals surface area contributed by atoms with Gasteiger partial charge in [0.2, 0.25) is 0 Å². The minimum atomic E-state index is -0.476. The van der Waals surface area contributed by atoms with Gasteiger partial charge in [0.1, 0.15) is 0 Å². The van der Waals surface area contributed by atoms with Crippen LogP contribution >= 0.6 is 0 Å². The minimum absolute atomic E-state index is 0.0443. The topological polar surface area (TPSA) is 75.5 Å². The van der Waals surface area contributed by atoms with E-state index in [0.29, 0.717) is 18.7 Å². The first-order valence-corrected chi connectivity index (χ1v) is 6.26. The van der Waals surface area contributed by atoms with Gasteiger partial charge in [-0.3, -0.25) is 14.9 Å². The highest BCUT2D eigenvalue weighted by Gasteiger charge is 2.24. The fourth-order valence-corrected chi connectivity index (χ4v) is 2.24. The van der Waals surface area contributed by atoms with Crippen LogP contribution in [-0.2, 0) is 0 Å². The Morgan fingerprint density at radius 3 is 2.89 bits per heavy atom. The number of piperazine rings is 1. The number of nitrogens with zero attached hydrogens (tertiary/aromatic N) is 2. The standard InChI is InChI=1S/C13H17N3O3/c1-9-3-4-11(16(18)19)7-12(9)13(17)15-6-5-14-10(2)8-15/h3-4,7,10,14H,5-6,8H2,1-2H3/t10-/m1/s1. The third-order valence-electron chi connectivity index (χ3n) is 3.32. The summed E-state index contributed by atoms with van der Waals surface area (Å²) in [6, 6.07) is 4.66. The molecule has 102 valence electrons. The maximum absolute atomic E-state index is 12.4. The number of nitro groups is 1. The van der Waals surface area contributed by atoms with Crippen LogP contribution in [0.15, 0.2) is 18.2 Å². The smallest absolute Gasteiger partial charge is 0.270 e. The average molecular weight is 263 g/mol. The van der Waals surface area contributed by atoms with Crippen molar-refractivity contribution in [1.82, 2.24) is 10.2 Å². The van der Waals surface area contributed by atoms with E-state index < -0.39 is 4.92 Å². The molecule has 1 fully saturated rings.